The van der Waals surface area contributed by atoms with Crippen LogP contribution in [0.3, 0.4) is 0 Å². The van der Waals surface area contributed by atoms with Crippen LogP contribution in [0.4, 0.5) is 0 Å². The number of nitrogens with zero attached hydrogens (tertiary/aromatic N) is 2. The molecule has 106 heavy (non-hydrogen) atoms. The second kappa shape index (κ2) is 40.0. The van der Waals surface area contributed by atoms with Crippen molar-refractivity contribution < 1.29 is 76.1 Å². The number of esters is 6. The van der Waals surface area contributed by atoms with Gasteiger partial charge in [-0.15, -0.1) is 23.5 Å². The Morgan fingerprint density at radius 1 is 0.557 bits per heavy atom. The van der Waals surface area contributed by atoms with E-state index in [-0.39, 0.29) is 89.1 Å². The smallest absolute Gasteiger partial charge is 0.322 e. The molecule has 8 aliphatic carbocycles. The second-order valence-electron chi connectivity index (χ2n) is 32.1. The lowest BCUT2D eigenvalue weighted by Gasteiger charge is -2.60. The lowest BCUT2D eigenvalue weighted by atomic mass is 9.49. The van der Waals surface area contributed by atoms with E-state index in [1.54, 1.807) is 49.9 Å². The fourth-order valence-electron chi connectivity index (χ4n) is 18.7. The van der Waals surface area contributed by atoms with Crippen LogP contribution in [0.1, 0.15) is 260 Å². The Bertz CT molecular complexity index is 3120. The average Bonchev–Trinajstić information content (AvgIpc) is 0.730. The Kier molecular flexibility index (Phi) is 32.8. The summed E-state index contributed by atoms with van der Waals surface area (Å²) in [5.74, 6) is 2.58. The predicted molar refractivity (Wildman–Crippen MR) is 423 cm³/mol. The van der Waals surface area contributed by atoms with Gasteiger partial charge in [0.1, 0.15) is 48.9 Å². The highest BCUT2D eigenvalue weighted by atomic mass is 32.2. The molecule has 8 saturated carbocycles. The number of carbonyl (C=O) groups excluding carboxylic acids is 6. The fraction of sp³-hybridized carbons (Fsp3) is 0.735. The van der Waals surface area contributed by atoms with Gasteiger partial charge in [-0.1, -0.05) is 94.6 Å². The Morgan fingerprint density at radius 2 is 0.953 bits per heavy atom. The maximum absolute atomic E-state index is 15.2. The highest BCUT2D eigenvalue weighted by molar-refractivity contribution is 8.47. The number of unbranched alkanes of at least 4 members (excludes halogenated alkanes) is 1. The van der Waals surface area contributed by atoms with Crippen molar-refractivity contribution in [3.05, 3.63) is 71.1 Å². The number of benzene rings is 2. The molecule has 0 aromatic heterocycles. The molecule has 2 aromatic carbocycles. The van der Waals surface area contributed by atoms with E-state index in [0.29, 0.717) is 94.5 Å². The number of rotatable bonds is 44. The first-order chi connectivity index (χ1) is 50.4. The fourth-order valence-corrected chi connectivity index (χ4v) is 23.5. The number of thioether (sulfide) groups is 3. The van der Waals surface area contributed by atoms with Crippen molar-refractivity contribution in [1.82, 2.24) is 0 Å². The second-order valence-corrected chi connectivity index (χ2v) is 38.3. The third kappa shape index (κ3) is 23.9. The topological polar surface area (TPSA) is 223 Å². The van der Waals surface area contributed by atoms with E-state index in [4.69, 9.17) is 78.4 Å². The van der Waals surface area contributed by atoms with Crippen LogP contribution in [-0.2, 0) is 66.7 Å². The highest BCUT2D eigenvalue weighted by Crippen LogP contribution is 2.63. The first-order valence-corrected chi connectivity index (χ1v) is 42.6. The van der Waals surface area contributed by atoms with Crippen molar-refractivity contribution in [1.29, 1.82) is 5.26 Å². The standard InChI is InChI=1S/C83H118N2O16S5/c1-14-18-19-74(102)105-80(11,75(90)100-82(16-3)66-41-58-39-59(43-66)44-67(82)42-58)52-65(63-22-26-71(27-23-63)99-55(6)87)50-79(10,85-13)31-29-73(89)97-37-35-95-57(8)93-33-32-92-56(7)94-34-36-96-72(88)28-30-78(9,53-84)49-64(62-20-24-70(25-21-62)98-54(5)86)51-81(12,106-77(103)104-38-15-2)76(91)101-83(17-4)68-45-60-40-61(47-68)48-69(83)46-60/h20-27,56-61,64-69H,14-19,28-52H2,1-12H3. The first-order valence-electron chi connectivity index (χ1n) is 39.1. The van der Waals surface area contributed by atoms with Gasteiger partial charge in [0.25, 0.3) is 0 Å². The Balaban J connectivity index is 0.766. The molecular weight excluding hydrogens is 1440 g/mol. The number of hydrogen-bond donors (Lipinski definition) is 0. The lowest BCUT2D eigenvalue weighted by Crippen LogP contribution is -2.60. The molecule has 586 valence electrons. The van der Waals surface area contributed by atoms with Gasteiger partial charge >= 0.3 is 35.8 Å². The minimum Gasteiger partial charge on any atom is -0.463 e. The molecule has 0 spiro atoms. The number of hydrogen-bond acceptors (Lipinski definition) is 22. The quantitative estimate of drug-likeness (QED) is 0.0114. The van der Waals surface area contributed by atoms with Gasteiger partial charge in [0.15, 0.2) is 12.6 Å². The molecule has 23 heteroatoms. The molecule has 0 aliphatic heterocycles. The van der Waals surface area contributed by atoms with E-state index in [1.807, 2.05) is 52.0 Å². The summed E-state index contributed by atoms with van der Waals surface area (Å²) in [5.41, 5.74) is -1.41. The zero-order valence-electron chi connectivity index (χ0n) is 64.9. The van der Waals surface area contributed by atoms with Gasteiger partial charge in [-0.2, -0.15) is 5.26 Å². The molecule has 0 saturated heterocycles. The van der Waals surface area contributed by atoms with Crippen molar-refractivity contribution in [3.8, 4) is 17.6 Å². The van der Waals surface area contributed by atoms with E-state index >= 15 is 9.59 Å². The molecule has 18 nitrogen and oxygen atoms in total. The summed E-state index contributed by atoms with van der Waals surface area (Å²) in [6.45, 7) is 31.1. The summed E-state index contributed by atoms with van der Waals surface area (Å²) in [6, 6.07) is 16.9. The van der Waals surface area contributed by atoms with E-state index in [0.717, 1.165) is 105 Å². The molecule has 8 unspecified atom stereocenters. The number of ether oxygens (including phenoxy) is 10. The molecule has 8 bridgehead atoms. The normalized spacial score (nSPS) is 26.5. The molecule has 0 N–H and O–H groups in total. The van der Waals surface area contributed by atoms with Gasteiger partial charge in [0.05, 0.1) is 44.3 Å². The minimum atomic E-state index is -1.12. The van der Waals surface area contributed by atoms with Gasteiger partial charge < -0.3 is 52.2 Å². The maximum Gasteiger partial charge on any atom is 0.322 e. The van der Waals surface area contributed by atoms with Gasteiger partial charge in [0.2, 0.25) is 5.54 Å². The van der Waals surface area contributed by atoms with Crippen molar-refractivity contribution >= 4 is 103 Å². The van der Waals surface area contributed by atoms with Crippen LogP contribution in [0.5, 0.6) is 11.5 Å². The molecule has 0 radical (unpaired) electrons. The summed E-state index contributed by atoms with van der Waals surface area (Å²) < 4.78 is 58.3. The van der Waals surface area contributed by atoms with Gasteiger partial charge in [-0.3, -0.25) is 28.8 Å². The van der Waals surface area contributed by atoms with Crippen LogP contribution >= 0.6 is 59.7 Å². The molecule has 8 aliphatic rings. The molecule has 0 amide bonds. The zero-order valence-corrected chi connectivity index (χ0v) is 69.0. The van der Waals surface area contributed by atoms with E-state index in [1.165, 1.54) is 50.2 Å². The zero-order chi connectivity index (χ0) is 77.0. The van der Waals surface area contributed by atoms with E-state index in [9.17, 15) is 24.4 Å². The van der Waals surface area contributed by atoms with Crippen molar-refractivity contribution in [2.24, 2.45) is 52.8 Å². The number of nitriles is 1. The summed E-state index contributed by atoms with van der Waals surface area (Å²) in [6.07, 6.45) is 16.5. The SMILES string of the molecule is [C-]#[N+]C(C)(CCC(=O)OCCOC(C)OCCOC(C)OCCOC(=O)CCC(C)(C#N)CC(CC(C)(SC(=S)SCCC)C(=O)OC1(CC)C2CC3CC(C2)CC1C3)c1ccc(OC(C)=O)cc1)CC(CC(C)(SC(=S)CCCC)C(=O)OC1(CC)C2CC3CC(C2)CC1C3)c1ccc(OC(C)=O)cc1. The monoisotopic (exact) mass is 1560 g/mol. The molecular formula is C83H118N2O16S5. The largest absolute Gasteiger partial charge is 0.463 e. The molecule has 2 aromatic rings. The van der Waals surface area contributed by atoms with Crippen LogP contribution in [0.15, 0.2) is 48.5 Å². The molecule has 8 fully saturated rings. The van der Waals surface area contributed by atoms with Crippen LogP contribution in [0.2, 0.25) is 0 Å². The Morgan fingerprint density at radius 3 is 1.33 bits per heavy atom. The van der Waals surface area contributed by atoms with Crippen LogP contribution in [0, 0.1) is 70.7 Å². The maximum atomic E-state index is 15.2. The Hall–Kier alpha value is -4.69. The summed E-state index contributed by atoms with van der Waals surface area (Å²) in [4.78, 5) is 85.0. The Labute approximate surface area is 655 Å². The predicted octanol–water partition coefficient (Wildman–Crippen LogP) is 18.8. The summed E-state index contributed by atoms with van der Waals surface area (Å²) >= 11 is 16.3. The van der Waals surface area contributed by atoms with Crippen molar-refractivity contribution in [2.75, 3.05) is 45.4 Å². The van der Waals surface area contributed by atoms with Crippen LogP contribution < -0.4 is 9.47 Å². The van der Waals surface area contributed by atoms with Crippen molar-refractivity contribution in [2.45, 2.75) is 288 Å². The first kappa shape index (κ1) is 86.9. The number of thiocarbonyl (C=S) groups is 2. The van der Waals surface area contributed by atoms with Crippen molar-refractivity contribution in [3.63, 3.8) is 0 Å². The third-order valence-corrected chi connectivity index (χ3v) is 28.4. The van der Waals surface area contributed by atoms with Crippen LogP contribution in [0.25, 0.3) is 4.85 Å². The molecule has 10 rings (SSSR count). The lowest BCUT2D eigenvalue weighted by molar-refractivity contribution is -0.213. The van der Waals surface area contributed by atoms with Gasteiger partial charge in [-0.05, 0) is 257 Å². The van der Waals surface area contributed by atoms with Crippen LogP contribution in [-0.4, -0.2) is 128 Å². The van der Waals surface area contributed by atoms with Gasteiger partial charge in [0, 0.05) is 44.2 Å². The number of carbonyl (C=O) groups is 6. The van der Waals surface area contributed by atoms with E-state index < -0.39 is 68.1 Å². The average molecular weight is 1560 g/mol. The van der Waals surface area contributed by atoms with Gasteiger partial charge in [-0.25, -0.2) is 6.57 Å². The minimum absolute atomic E-state index is 0.0258. The molecule has 0 heterocycles. The summed E-state index contributed by atoms with van der Waals surface area (Å²) in [7, 11) is 0. The summed E-state index contributed by atoms with van der Waals surface area (Å²) in [5, 5.41) is 10.9. The van der Waals surface area contributed by atoms with E-state index in [2.05, 4.69) is 38.6 Å². The third-order valence-electron chi connectivity index (χ3n) is 23.7. The molecule has 8 atom stereocenters. The highest BCUT2D eigenvalue weighted by Gasteiger charge is 2.62.